The molecule has 1 unspecified atom stereocenters. The minimum atomic E-state index is 0.461. The fourth-order valence-corrected chi connectivity index (χ4v) is 1.07. The lowest BCUT2D eigenvalue weighted by Gasteiger charge is -2.06. The predicted octanol–water partition coefficient (Wildman–Crippen LogP) is 1.69. The van der Waals surface area contributed by atoms with Gasteiger partial charge in [0, 0.05) is 6.04 Å². The van der Waals surface area contributed by atoms with Crippen LogP contribution < -0.4 is 5.73 Å². The molecule has 1 rings (SSSR count). The molecule has 1 heteroatoms. The summed E-state index contributed by atoms with van der Waals surface area (Å²) < 4.78 is 0. The van der Waals surface area contributed by atoms with E-state index >= 15 is 0 Å². The number of hydrogen-bond donors (Lipinski definition) is 1. The second kappa shape index (κ2) is 3.02. The maximum absolute atomic E-state index is 5.82. The van der Waals surface area contributed by atoms with Gasteiger partial charge in [-0.2, -0.15) is 0 Å². The molecule has 1 aliphatic rings. The van der Waals surface area contributed by atoms with Crippen LogP contribution in [0.1, 0.15) is 25.7 Å². The van der Waals surface area contributed by atoms with Gasteiger partial charge >= 0.3 is 0 Å². The Morgan fingerprint density at radius 1 is 1.67 bits per heavy atom. The van der Waals surface area contributed by atoms with Gasteiger partial charge in [0.25, 0.3) is 0 Å². The first kappa shape index (κ1) is 6.81. The van der Waals surface area contributed by atoms with Crippen LogP contribution >= 0.6 is 0 Å². The fraction of sp³-hybridized carbons (Fsp3) is 0.750. The van der Waals surface area contributed by atoms with Crippen LogP contribution in [-0.4, -0.2) is 6.04 Å². The summed E-state index contributed by atoms with van der Waals surface area (Å²) in [7, 11) is 0. The van der Waals surface area contributed by atoms with E-state index in [-0.39, 0.29) is 0 Å². The molecule has 0 aromatic heterocycles. The number of rotatable bonds is 4. The van der Waals surface area contributed by atoms with E-state index in [1.54, 1.807) is 0 Å². The van der Waals surface area contributed by atoms with Crippen LogP contribution in [0.5, 0.6) is 0 Å². The van der Waals surface area contributed by atoms with Crippen molar-refractivity contribution in [3.05, 3.63) is 12.7 Å². The lowest BCUT2D eigenvalue weighted by atomic mass is 10.1. The van der Waals surface area contributed by atoms with Gasteiger partial charge in [0.05, 0.1) is 0 Å². The molecule has 52 valence electrons. The van der Waals surface area contributed by atoms with Gasteiger partial charge in [-0.3, -0.25) is 0 Å². The first-order chi connectivity index (χ1) is 4.34. The highest BCUT2D eigenvalue weighted by molar-refractivity contribution is 4.85. The third-order valence-electron chi connectivity index (χ3n) is 1.93. The Morgan fingerprint density at radius 2 is 2.33 bits per heavy atom. The third-order valence-corrected chi connectivity index (χ3v) is 1.93. The molecule has 0 aromatic carbocycles. The van der Waals surface area contributed by atoms with Gasteiger partial charge in [0.1, 0.15) is 0 Å². The van der Waals surface area contributed by atoms with Crippen LogP contribution in [-0.2, 0) is 0 Å². The molecule has 0 aromatic rings. The van der Waals surface area contributed by atoms with E-state index in [2.05, 4.69) is 6.58 Å². The highest BCUT2D eigenvalue weighted by Crippen LogP contribution is 2.33. The monoisotopic (exact) mass is 125 g/mol. The van der Waals surface area contributed by atoms with Gasteiger partial charge in [-0.1, -0.05) is 6.08 Å². The van der Waals surface area contributed by atoms with E-state index in [4.69, 9.17) is 5.73 Å². The van der Waals surface area contributed by atoms with E-state index in [0.717, 1.165) is 18.8 Å². The van der Waals surface area contributed by atoms with Crippen molar-refractivity contribution in [2.24, 2.45) is 11.7 Å². The van der Waals surface area contributed by atoms with E-state index in [1.807, 2.05) is 6.08 Å². The van der Waals surface area contributed by atoms with Crippen molar-refractivity contribution in [1.82, 2.24) is 0 Å². The molecule has 1 fully saturated rings. The summed E-state index contributed by atoms with van der Waals surface area (Å²) in [5.41, 5.74) is 5.82. The zero-order valence-corrected chi connectivity index (χ0v) is 5.84. The average molecular weight is 125 g/mol. The normalized spacial score (nSPS) is 21.4. The molecule has 0 amide bonds. The quantitative estimate of drug-likeness (QED) is 0.568. The minimum absolute atomic E-state index is 0.461. The van der Waals surface area contributed by atoms with E-state index in [9.17, 15) is 0 Å². The Balaban J connectivity index is 2.02. The predicted molar refractivity (Wildman–Crippen MR) is 40.1 cm³/mol. The Kier molecular flexibility index (Phi) is 2.29. The lowest BCUT2D eigenvalue weighted by Crippen LogP contribution is -2.21. The SMILES string of the molecule is C=CCCC(N)C1CC1. The molecule has 1 nitrogen and oxygen atoms in total. The molecule has 0 heterocycles. The average Bonchev–Trinajstić information content (AvgIpc) is 2.63. The Bertz CT molecular complexity index is 94.7. The van der Waals surface area contributed by atoms with Crippen molar-refractivity contribution in [2.45, 2.75) is 31.7 Å². The van der Waals surface area contributed by atoms with E-state index in [0.29, 0.717) is 6.04 Å². The fourth-order valence-electron chi connectivity index (χ4n) is 1.07. The molecule has 0 radical (unpaired) electrons. The van der Waals surface area contributed by atoms with Crippen LogP contribution in [0.2, 0.25) is 0 Å². The number of hydrogen-bond acceptors (Lipinski definition) is 1. The zero-order valence-electron chi connectivity index (χ0n) is 5.84. The van der Waals surface area contributed by atoms with E-state index < -0.39 is 0 Å². The van der Waals surface area contributed by atoms with Gasteiger partial charge < -0.3 is 5.73 Å². The molecule has 0 saturated heterocycles. The lowest BCUT2D eigenvalue weighted by molar-refractivity contribution is 0.555. The smallest absolute Gasteiger partial charge is 0.00701 e. The summed E-state index contributed by atoms with van der Waals surface area (Å²) in [6, 6.07) is 0.461. The summed E-state index contributed by atoms with van der Waals surface area (Å²) in [6.07, 6.45) is 6.88. The molecule has 1 aliphatic carbocycles. The van der Waals surface area contributed by atoms with Gasteiger partial charge in [0.2, 0.25) is 0 Å². The molecule has 1 atom stereocenters. The standard InChI is InChI=1S/C8H15N/c1-2-3-4-8(9)7-5-6-7/h2,7-8H,1,3-6,9H2. The van der Waals surface area contributed by atoms with Gasteiger partial charge in [-0.05, 0) is 31.6 Å². The van der Waals surface area contributed by atoms with Crippen LogP contribution in [0.25, 0.3) is 0 Å². The molecular weight excluding hydrogens is 110 g/mol. The van der Waals surface area contributed by atoms with Crippen molar-refractivity contribution in [1.29, 1.82) is 0 Å². The van der Waals surface area contributed by atoms with Crippen LogP contribution in [0.15, 0.2) is 12.7 Å². The zero-order chi connectivity index (χ0) is 6.69. The second-order valence-corrected chi connectivity index (χ2v) is 2.87. The number of nitrogens with two attached hydrogens (primary N) is 1. The highest BCUT2D eigenvalue weighted by Gasteiger charge is 2.27. The van der Waals surface area contributed by atoms with E-state index in [1.165, 1.54) is 12.8 Å². The summed E-state index contributed by atoms with van der Waals surface area (Å²) in [4.78, 5) is 0. The number of allylic oxidation sites excluding steroid dienone is 1. The van der Waals surface area contributed by atoms with Crippen LogP contribution in [0.4, 0.5) is 0 Å². The van der Waals surface area contributed by atoms with Crippen molar-refractivity contribution in [3.8, 4) is 0 Å². The molecule has 0 bridgehead atoms. The first-order valence-corrected chi connectivity index (χ1v) is 3.71. The van der Waals surface area contributed by atoms with Crippen molar-refractivity contribution < 1.29 is 0 Å². The second-order valence-electron chi connectivity index (χ2n) is 2.87. The molecule has 0 spiro atoms. The minimum Gasteiger partial charge on any atom is -0.327 e. The summed E-state index contributed by atoms with van der Waals surface area (Å²) in [5.74, 6) is 0.852. The Labute approximate surface area is 56.9 Å². The van der Waals surface area contributed by atoms with Crippen molar-refractivity contribution in [2.75, 3.05) is 0 Å². The summed E-state index contributed by atoms with van der Waals surface area (Å²) >= 11 is 0. The summed E-state index contributed by atoms with van der Waals surface area (Å²) in [5, 5.41) is 0. The molecule has 1 saturated carbocycles. The Hall–Kier alpha value is -0.300. The third kappa shape index (κ3) is 2.19. The Morgan fingerprint density at radius 3 is 2.78 bits per heavy atom. The molecule has 2 N–H and O–H groups in total. The summed E-state index contributed by atoms with van der Waals surface area (Å²) in [6.45, 7) is 3.66. The van der Waals surface area contributed by atoms with Gasteiger partial charge in [0.15, 0.2) is 0 Å². The van der Waals surface area contributed by atoms with Gasteiger partial charge in [-0.15, -0.1) is 6.58 Å². The van der Waals surface area contributed by atoms with Crippen molar-refractivity contribution >= 4 is 0 Å². The molecule has 0 aliphatic heterocycles. The molecular formula is C8H15N. The highest BCUT2D eigenvalue weighted by atomic mass is 14.7. The maximum Gasteiger partial charge on any atom is 0.00701 e. The topological polar surface area (TPSA) is 26.0 Å². The first-order valence-electron chi connectivity index (χ1n) is 3.71. The molecule has 9 heavy (non-hydrogen) atoms. The van der Waals surface area contributed by atoms with Crippen LogP contribution in [0, 0.1) is 5.92 Å². The largest absolute Gasteiger partial charge is 0.327 e. The van der Waals surface area contributed by atoms with Crippen LogP contribution in [0.3, 0.4) is 0 Å². The van der Waals surface area contributed by atoms with Gasteiger partial charge in [-0.25, -0.2) is 0 Å². The maximum atomic E-state index is 5.82. The van der Waals surface area contributed by atoms with Crippen molar-refractivity contribution in [3.63, 3.8) is 0 Å².